The van der Waals surface area contributed by atoms with E-state index in [2.05, 4.69) is 11.9 Å². The fourth-order valence-electron chi connectivity index (χ4n) is 1.24. The average Bonchev–Trinajstić information content (AvgIpc) is 1.95. The zero-order valence-electron chi connectivity index (χ0n) is 6.35. The molecule has 0 aliphatic heterocycles. The van der Waals surface area contributed by atoms with E-state index in [1.165, 1.54) is 6.08 Å². The summed E-state index contributed by atoms with van der Waals surface area (Å²) in [7, 11) is 0. The molecule has 0 spiro atoms. The highest BCUT2D eigenvalue weighted by molar-refractivity contribution is 5.87. The Balaban J connectivity index is 2.13. The predicted molar refractivity (Wildman–Crippen MR) is 40.8 cm³/mol. The molecule has 1 amide bonds. The second-order valence-electron chi connectivity index (χ2n) is 2.90. The van der Waals surface area contributed by atoms with Crippen molar-refractivity contribution in [3.05, 3.63) is 12.7 Å². The molecule has 0 heterocycles. The largest absolute Gasteiger partial charge is 0.350 e. The Morgan fingerprint density at radius 2 is 2.36 bits per heavy atom. The molecule has 0 aromatic carbocycles. The lowest BCUT2D eigenvalue weighted by molar-refractivity contribution is -0.118. The Bertz CT molecular complexity index is 163. The van der Waals surface area contributed by atoms with Gasteiger partial charge in [-0.15, -0.1) is 0 Å². The second kappa shape index (κ2) is 3.51. The Kier molecular flexibility index (Phi) is 2.63. The summed E-state index contributed by atoms with van der Waals surface area (Å²) in [6, 6.07) is 0.182. The molecule has 11 heavy (non-hydrogen) atoms. The first kappa shape index (κ1) is 8.24. The minimum absolute atomic E-state index is 0.160. The summed E-state index contributed by atoms with van der Waals surface area (Å²) in [5.41, 5.74) is 0. The molecule has 0 radical (unpaired) electrons. The highest BCUT2D eigenvalue weighted by atomic mass is 19.1. The van der Waals surface area contributed by atoms with Crippen molar-refractivity contribution in [1.29, 1.82) is 0 Å². The van der Waals surface area contributed by atoms with Gasteiger partial charge >= 0.3 is 0 Å². The SMILES string of the molecule is C=CC(=O)NC1CC(CF)C1. The summed E-state index contributed by atoms with van der Waals surface area (Å²) in [5.74, 6) is 0.0115. The molecule has 1 fully saturated rings. The zero-order chi connectivity index (χ0) is 8.27. The quantitative estimate of drug-likeness (QED) is 0.609. The number of hydrogen-bond donors (Lipinski definition) is 1. The first-order valence-electron chi connectivity index (χ1n) is 3.75. The number of nitrogens with one attached hydrogen (secondary N) is 1. The van der Waals surface area contributed by atoms with Crippen LogP contribution in [0.25, 0.3) is 0 Å². The van der Waals surface area contributed by atoms with Gasteiger partial charge in [-0.25, -0.2) is 0 Å². The average molecular weight is 157 g/mol. The van der Waals surface area contributed by atoms with Crippen molar-refractivity contribution in [3.63, 3.8) is 0 Å². The van der Waals surface area contributed by atoms with E-state index in [9.17, 15) is 9.18 Å². The molecule has 3 heteroatoms. The molecule has 1 aliphatic rings. The second-order valence-corrected chi connectivity index (χ2v) is 2.90. The van der Waals surface area contributed by atoms with Gasteiger partial charge in [0.25, 0.3) is 0 Å². The van der Waals surface area contributed by atoms with E-state index < -0.39 is 0 Å². The van der Waals surface area contributed by atoms with Crippen molar-refractivity contribution < 1.29 is 9.18 Å². The standard InChI is InChI=1S/C8H12FNO/c1-2-8(11)10-7-3-6(4-7)5-9/h2,6-7H,1,3-5H2,(H,10,11). The highest BCUT2D eigenvalue weighted by Crippen LogP contribution is 2.27. The highest BCUT2D eigenvalue weighted by Gasteiger charge is 2.29. The van der Waals surface area contributed by atoms with Gasteiger partial charge in [0.2, 0.25) is 5.91 Å². The van der Waals surface area contributed by atoms with Gasteiger partial charge in [-0.05, 0) is 24.8 Å². The maximum Gasteiger partial charge on any atom is 0.243 e. The molecule has 1 saturated carbocycles. The Labute approximate surface area is 65.5 Å². The lowest BCUT2D eigenvalue weighted by atomic mass is 9.81. The number of carbonyl (C=O) groups excluding carboxylic acids is 1. The summed E-state index contributed by atoms with van der Waals surface area (Å²) in [6.07, 6.45) is 2.79. The normalized spacial score (nSPS) is 28.8. The number of hydrogen-bond acceptors (Lipinski definition) is 1. The van der Waals surface area contributed by atoms with Gasteiger partial charge in [0.15, 0.2) is 0 Å². The third-order valence-electron chi connectivity index (χ3n) is 1.99. The number of carbonyl (C=O) groups is 1. The van der Waals surface area contributed by atoms with Gasteiger partial charge in [-0.3, -0.25) is 9.18 Å². The fourth-order valence-corrected chi connectivity index (χ4v) is 1.24. The molecule has 0 saturated heterocycles. The van der Waals surface area contributed by atoms with Gasteiger partial charge in [0.1, 0.15) is 0 Å². The summed E-state index contributed by atoms with van der Waals surface area (Å²) in [4.78, 5) is 10.7. The van der Waals surface area contributed by atoms with Gasteiger partial charge in [0, 0.05) is 6.04 Å². The van der Waals surface area contributed by atoms with Crippen LogP contribution in [0.1, 0.15) is 12.8 Å². The summed E-state index contributed by atoms with van der Waals surface area (Å²) in [5, 5.41) is 2.71. The fraction of sp³-hybridized carbons (Fsp3) is 0.625. The molecule has 0 unspecified atom stereocenters. The zero-order valence-corrected chi connectivity index (χ0v) is 6.35. The smallest absolute Gasteiger partial charge is 0.243 e. The van der Waals surface area contributed by atoms with E-state index in [-0.39, 0.29) is 24.5 Å². The van der Waals surface area contributed by atoms with Crippen LogP contribution in [0.5, 0.6) is 0 Å². The van der Waals surface area contributed by atoms with Crippen LogP contribution in [0.2, 0.25) is 0 Å². The summed E-state index contributed by atoms with van der Waals surface area (Å²) >= 11 is 0. The van der Waals surface area contributed by atoms with Crippen molar-refractivity contribution in [2.45, 2.75) is 18.9 Å². The third-order valence-corrected chi connectivity index (χ3v) is 1.99. The number of amides is 1. The lowest BCUT2D eigenvalue weighted by Gasteiger charge is -2.33. The van der Waals surface area contributed by atoms with E-state index in [4.69, 9.17) is 0 Å². The van der Waals surface area contributed by atoms with Gasteiger partial charge in [-0.2, -0.15) is 0 Å². The molecule has 1 N–H and O–H groups in total. The van der Waals surface area contributed by atoms with E-state index >= 15 is 0 Å². The molecule has 1 aliphatic carbocycles. The van der Waals surface area contributed by atoms with Gasteiger partial charge < -0.3 is 5.32 Å². The van der Waals surface area contributed by atoms with E-state index in [0.717, 1.165) is 12.8 Å². The van der Waals surface area contributed by atoms with E-state index in [1.54, 1.807) is 0 Å². The van der Waals surface area contributed by atoms with Gasteiger partial charge in [-0.1, -0.05) is 6.58 Å². The van der Waals surface area contributed by atoms with Crippen LogP contribution in [0, 0.1) is 5.92 Å². The molecular weight excluding hydrogens is 145 g/mol. The lowest BCUT2D eigenvalue weighted by Crippen LogP contribution is -2.44. The van der Waals surface area contributed by atoms with Crippen molar-refractivity contribution >= 4 is 5.91 Å². The van der Waals surface area contributed by atoms with Crippen LogP contribution in [-0.4, -0.2) is 18.6 Å². The number of rotatable bonds is 3. The molecule has 0 atom stereocenters. The van der Waals surface area contributed by atoms with Crippen molar-refractivity contribution in [1.82, 2.24) is 5.32 Å². The molecule has 62 valence electrons. The molecule has 1 rings (SSSR count). The van der Waals surface area contributed by atoms with Crippen LogP contribution in [0.4, 0.5) is 4.39 Å². The topological polar surface area (TPSA) is 29.1 Å². The Hall–Kier alpha value is -0.860. The monoisotopic (exact) mass is 157 g/mol. The van der Waals surface area contributed by atoms with Crippen LogP contribution in [-0.2, 0) is 4.79 Å². The molecular formula is C8H12FNO. The molecule has 0 aromatic heterocycles. The van der Waals surface area contributed by atoms with Crippen LogP contribution in [0.15, 0.2) is 12.7 Å². The van der Waals surface area contributed by atoms with Gasteiger partial charge in [0.05, 0.1) is 6.67 Å². The molecule has 0 bridgehead atoms. The Morgan fingerprint density at radius 1 is 1.73 bits per heavy atom. The third kappa shape index (κ3) is 2.03. The first-order valence-corrected chi connectivity index (χ1v) is 3.75. The minimum atomic E-state index is -0.263. The number of alkyl halides is 1. The van der Waals surface area contributed by atoms with E-state index in [0.29, 0.717) is 0 Å². The molecule has 2 nitrogen and oxygen atoms in total. The maximum absolute atomic E-state index is 11.9. The van der Waals surface area contributed by atoms with E-state index in [1.807, 2.05) is 0 Å². The van der Waals surface area contributed by atoms with Crippen LogP contribution in [0.3, 0.4) is 0 Å². The summed E-state index contributed by atoms with van der Waals surface area (Å²) in [6.45, 7) is 3.06. The predicted octanol–water partition coefficient (Wildman–Crippen LogP) is 1.04. The summed E-state index contributed by atoms with van der Waals surface area (Å²) < 4.78 is 11.9. The number of halogens is 1. The Morgan fingerprint density at radius 3 is 2.82 bits per heavy atom. The van der Waals surface area contributed by atoms with Crippen LogP contribution >= 0.6 is 0 Å². The van der Waals surface area contributed by atoms with Crippen molar-refractivity contribution in [2.75, 3.05) is 6.67 Å². The van der Waals surface area contributed by atoms with Crippen LogP contribution < -0.4 is 5.32 Å². The van der Waals surface area contributed by atoms with Crippen molar-refractivity contribution in [3.8, 4) is 0 Å². The first-order chi connectivity index (χ1) is 5.26. The van der Waals surface area contributed by atoms with Crippen molar-refractivity contribution in [2.24, 2.45) is 5.92 Å². The minimum Gasteiger partial charge on any atom is -0.350 e. The molecule has 0 aromatic rings. The maximum atomic E-state index is 11.9.